The van der Waals surface area contributed by atoms with Crippen LogP contribution >= 0.6 is 0 Å². The summed E-state index contributed by atoms with van der Waals surface area (Å²) in [7, 11) is -3.04. The molecule has 1 aliphatic heterocycles. The number of sulfonamides is 1. The SMILES string of the molecule is O=S(=O)(NC1CCN(Cc2ccccn2)CC1)C1CC1. The van der Waals surface area contributed by atoms with Crippen molar-refractivity contribution in [2.24, 2.45) is 0 Å². The lowest BCUT2D eigenvalue weighted by atomic mass is 10.1. The summed E-state index contributed by atoms with van der Waals surface area (Å²) < 4.78 is 26.7. The minimum absolute atomic E-state index is 0.112. The zero-order chi connectivity index (χ0) is 14.0. The first-order chi connectivity index (χ1) is 9.63. The molecular weight excluding hydrogens is 274 g/mol. The van der Waals surface area contributed by atoms with Crippen LogP contribution in [0, 0.1) is 0 Å². The van der Waals surface area contributed by atoms with Crippen molar-refractivity contribution >= 4 is 10.0 Å². The smallest absolute Gasteiger partial charge is 0.214 e. The van der Waals surface area contributed by atoms with Crippen LogP contribution in [-0.4, -0.2) is 42.7 Å². The monoisotopic (exact) mass is 295 g/mol. The Morgan fingerprint density at radius 1 is 1.20 bits per heavy atom. The van der Waals surface area contributed by atoms with Crippen molar-refractivity contribution in [3.8, 4) is 0 Å². The Morgan fingerprint density at radius 2 is 1.95 bits per heavy atom. The molecule has 1 saturated carbocycles. The van der Waals surface area contributed by atoms with Crippen LogP contribution in [0.25, 0.3) is 0 Å². The number of hydrogen-bond acceptors (Lipinski definition) is 4. The lowest BCUT2D eigenvalue weighted by Crippen LogP contribution is -2.45. The van der Waals surface area contributed by atoms with Crippen molar-refractivity contribution in [1.29, 1.82) is 0 Å². The number of hydrogen-bond donors (Lipinski definition) is 1. The number of likely N-dealkylation sites (tertiary alicyclic amines) is 1. The maximum absolute atomic E-state index is 11.9. The molecule has 0 radical (unpaired) electrons. The number of pyridine rings is 1. The Balaban J connectivity index is 1.47. The zero-order valence-corrected chi connectivity index (χ0v) is 12.3. The fourth-order valence-corrected chi connectivity index (χ4v) is 4.29. The summed E-state index contributed by atoms with van der Waals surface area (Å²) in [5.74, 6) is 0. The molecular formula is C14H21N3O2S. The van der Waals surface area contributed by atoms with Crippen molar-refractivity contribution < 1.29 is 8.42 Å². The fourth-order valence-electron chi connectivity index (χ4n) is 2.64. The van der Waals surface area contributed by atoms with Crippen LogP contribution in [0.1, 0.15) is 31.4 Å². The van der Waals surface area contributed by atoms with Gasteiger partial charge in [-0.3, -0.25) is 9.88 Å². The Hall–Kier alpha value is -0.980. The summed E-state index contributed by atoms with van der Waals surface area (Å²) in [5.41, 5.74) is 1.07. The summed E-state index contributed by atoms with van der Waals surface area (Å²) in [6, 6.07) is 6.06. The number of aromatic nitrogens is 1. The van der Waals surface area contributed by atoms with Gasteiger partial charge in [-0.25, -0.2) is 13.1 Å². The molecule has 20 heavy (non-hydrogen) atoms. The van der Waals surface area contributed by atoms with Gasteiger partial charge in [0.25, 0.3) is 0 Å². The lowest BCUT2D eigenvalue weighted by Gasteiger charge is -2.31. The predicted molar refractivity (Wildman–Crippen MR) is 77.6 cm³/mol. The molecule has 6 heteroatoms. The highest BCUT2D eigenvalue weighted by Crippen LogP contribution is 2.28. The van der Waals surface area contributed by atoms with Crippen LogP contribution in [0.5, 0.6) is 0 Å². The van der Waals surface area contributed by atoms with Crippen molar-refractivity contribution in [3.63, 3.8) is 0 Å². The molecule has 5 nitrogen and oxygen atoms in total. The topological polar surface area (TPSA) is 62.3 Å². The molecule has 0 unspecified atom stereocenters. The van der Waals surface area contributed by atoms with Gasteiger partial charge in [-0.05, 0) is 37.8 Å². The Bertz CT molecular complexity index is 535. The second-order valence-corrected chi connectivity index (χ2v) is 7.73. The molecule has 1 aromatic heterocycles. The quantitative estimate of drug-likeness (QED) is 0.884. The van der Waals surface area contributed by atoms with Gasteiger partial charge in [0.2, 0.25) is 10.0 Å². The molecule has 110 valence electrons. The molecule has 0 bridgehead atoms. The first-order valence-electron chi connectivity index (χ1n) is 7.27. The standard InChI is InChI=1S/C14H21N3O2S/c18-20(19,14-4-5-14)16-12-6-9-17(10-7-12)11-13-3-1-2-8-15-13/h1-3,8,12,14,16H,4-7,9-11H2. The predicted octanol–water partition coefficient (Wildman–Crippen LogP) is 1.13. The van der Waals surface area contributed by atoms with E-state index in [9.17, 15) is 8.42 Å². The highest BCUT2D eigenvalue weighted by Gasteiger charge is 2.37. The van der Waals surface area contributed by atoms with Crippen LogP contribution in [0.15, 0.2) is 24.4 Å². The first-order valence-corrected chi connectivity index (χ1v) is 8.81. The highest BCUT2D eigenvalue weighted by atomic mass is 32.2. The van der Waals surface area contributed by atoms with Gasteiger partial charge in [-0.2, -0.15) is 0 Å². The summed E-state index contributed by atoms with van der Waals surface area (Å²) in [5, 5.41) is -0.117. The van der Waals surface area contributed by atoms with E-state index in [0.717, 1.165) is 51.0 Å². The van der Waals surface area contributed by atoms with E-state index < -0.39 is 10.0 Å². The molecule has 2 fully saturated rings. The fraction of sp³-hybridized carbons (Fsp3) is 0.643. The normalized spacial score (nSPS) is 22.0. The van der Waals surface area contributed by atoms with Gasteiger partial charge in [0.15, 0.2) is 0 Å². The van der Waals surface area contributed by atoms with Crippen LogP contribution in [0.4, 0.5) is 0 Å². The minimum Gasteiger partial charge on any atom is -0.297 e. The third-order valence-corrected chi connectivity index (χ3v) is 6.00. The van der Waals surface area contributed by atoms with Crippen molar-refractivity contribution in [3.05, 3.63) is 30.1 Å². The molecule has 2 aliphatic rings. The average molecular weight is 295 g/mol. The zero-order valence-electron chi connectivity index (χ0n) is 11.5. The van der Waals surface area contributed by atoms with Gasteiger partial charge in [0.1, 0.15) is 0 Å². The molecule has 1 aliphatic carbocycles. The van der Waals surface area contributed by atoms with Gasteiger partial charge in [0, 0.05) is 31.9 Å². The van der Waals surface area contributed by atoms with Gasteiger partial charge in [-0.15, -0.1) is 0 Å². The molecule has 1 saturated heterocycles. The van der Waals surface area contributed by atoms with E-state index in [1.54, 1.807) is 0 Å². The summed E-state index contributed by atoms with van der Waals surface area (Å²) in [6.45, 7) is 2.70. The van der Waals surface area contributed by atoms with Crippen LogP contribution in [-0.2, 0) is 16.6 Å². The number of piperidine rings is 1. The summed E-state index contributed by atoms with van der Waals surface area (Å²) in [4.78, 5) is 6.67. The molecule has 0 aromatic carbocycles. The third kappa shape index (κ3) is 3.56. The summed E-state index contributed by atoms with van der Waals surface area (Å²) in [6.07, 6.45) is 5.24. The molecule has 1 aromatic rings. The molecule has 0 spiro atoms. The number of nitrogens with one attached hydrogen (secondary N) is 1. The van der Waals surface area contributed by atoms with E-state index in [-0.39, 0.29) is 11.3 Å². The van der Waals surface area contributed by atoms with Gasteiger partial charge < -0.3 is 0 Å². The van der Waals surface area contributed by atoms with Gasteiger partial charge >= 0.3 is 0 Å². The largest absolute Gasteiger partial charge is 0.297 e. The first kappa shape index (κ1) is 14.0. The second kappa shape index (κ2) is 5.79. The maximum Gasteiger partial charge on any atom is 0.214 e. The molecule has 0 amide bonds. The Kier molecular flexibility index (Phi) is 4.05. The van der Waals surface area contributed by atoms with E-state index >= 15 is 0 Å². The van der Waals surface area contributed by atoms with E-state index in [2.05, 4.69) is 14.6 Å². The number of rotatable bonds is 5. The van der Waals surface area contributed by atoms with Crippen LogP contribution in [0.2, 0.25) is 0 Å². The van der Waals surface area contributed by atoms with Crippen LogP contribution < -0.4 is 4.72 Å². The van der Waals surface area contributed by atoms with E-state index in [1.807, 2.05) is 24.4 Å². The van der Waals surface area contributed by atoms with Crippen molar-refractivity contribution in [1.82, 2.24) is 14.6 Å². The molecule has 2 heterocycles. The molecule has 1 N–H and O–H groups in total. The van der Waals surface area contributed by atoms with E-state index in [1.165, 1.54) is 0 Å². The van der Waals surface area contributed by atoms with Crippen molar-refractivity contribution in [2.45, 2.75) is 43.5 Å². The Labute approximate surface area is 120 Å². The van der Waals surface area contributed by atoms with Crippen LogP contribution in [0.3, 0.4) is 0 Å². The molecule has 0 atom stereocenters. The Morgan fingerprint density at radius 3 is 2.55 bits per heavy atom. The number of nitrogens with zero attached hydrogens (tertiary/aromatic N) is 2. The molecule has 3 rings (SSSR count). The van der Waals surface area contributed by atoms with Gasteiger partial charge in [-0.1, -0.05) is 6.07 Å². The van der Waals surface area contributed by atoms with Crippen molar-refractivity contribution in [2.75, 3.05) is 13.1 Å². The summed E-state index contributed by atoms with van der Waals surface area (Å²) >= 11 is 0. The minimum atomic E-state index is -3.04. The van der Waals surface area contributed by atoms with E-state index in [0.29, 0.717) is 0 Å². The maximum atomic E-state index is 11.9. The average Bonchev–Trinajstić information content (AvgIpc) is 3.27. The second-order valence-electron chi connectivity index (χ2n) is 5.73. The lowest BCUT2D eigenvalue weighted by molar-refractivity contribution is 0.198. The highest BCUT2D eigenvalue weighted by molar-refractivity contribution is 7.90. The van der Waals surface area contributed by atoms with Gasteiger partial charge in [0.05, 0.1) is 10.9 Å². The third-order valence-electron chi connectivity index (χ3n) is 3.99. The van der Waals surface area contributed by atoms with E-state index in [4.69, 9.17) is 0 Å².